The number of aliphatic hydroxyl groups excluding tert-OH is 1. The lowest BCUT2D eigenvalue weighted by molar-refractivity contribution is -0.371. The Labute approximate surface area is 461 Å². The summed E-state index contributed by atoms with van der Waals surface area (Å²) in [4.78, 5) is 26.1. The van der Waals surface area contributed by atoms with Gasteiger partial charge in [0.1, 0.15) is 36.6 Å². The molecular weight excluding hydrogens is 1030 g/mol. The largest absolute Gasteiger partial charge is 0.481 e. The highest BCUT2D eigenvalue weighted by atomic mass is 16.8. The summed E-state index contributed by atoms with van der Waals surface area (Å²) in [5, 5.41) is 32.3. The lowest BCUT2D eigenvalue weighted by Crippen LogP contribution is -2.62. The molecule has 0 aromatic rings. The van der Waals surface area contributed by atoms with E-state index in [9.17, 15) is 24.9 Å². The van der Waals surface area contributed by atoms with Crippen LogP contribution in [0, 0.1) is 23.7 Å². The highest BCUT2D eigenvalue weighted by Crippen LogP contribution is 2.59. The molecule has 79 heavy (non-hydrogen) atoms. The molecule has 0 amide bonds. The van der Waals surface area contributed by atoms with Gasteiger partial charge in [0.15, 0.2) is 17.4 Å². The topological polar surface area (TPSA) is 233 Å². The van der Waals surface area contributed by atoms with E-state index in [1.807, 2.05) is 0 Å². The maximum absolute atomic E-state index is 14.6. The van der Waals surface area contributed by atoms with Gasteiger partial charge in [-0.2, -0.15) is 0 Å². The van der Waals surface area contributed by atoms with E-state index >= 15 is 0 Å². The van der Waals surface area contributed by atoms with E-state index in [1.54, 1.807) is 0 Å². The molecule has 16 heterocycles. The van der Waals surface area contributed by atoms with Gasteiger partial charge in [0.25, 0.3) is 0 Å². The summed E-state index contributed by atoms with van der Waals surface area (Å²) in [5.74, 6) is -5.97. The van der Waals surface area contributed by atoms with Crippen LogP contribution in [0.1, 0.15) is 143 Å². The Morgan fingerprint density at radius 2 is 1.25 bits per heavy atom. The van der Waals surface area contributed by atoms with Crippen molar-refractivity contribution in [1.82, 2.24) is 0 Å². The minimum Gasteiger partial charge on any atom is -0.481 e. The van der Waals surface area contributed by atoms with Crippen LogP contribution in [0.2, 0.25) is 0 Å². The molecule has 3 N–H and O–H groups in total. The molecule has 16 rings (SSSR count). The number of aliphatic carboxylic acids is 1. The van der Waals surface area contributed by atoms with Gasteiger partial charge in [-0.15, -0.1) is 0 Å². The van der Waals surface area contributed by atoms with Crippen LogP contribution >= 0.6 is 0 Å². The first kappa shape index (κ1) is 53.5. The van der Waals surface area contributed by atoms with Gasteiger partial charge >= 0.3 is 11.9 Å². The zero-order valence-corrected chi connectivity index (χ0v) is 46.0. The number of hydrogen-bond acceptors (Lipinski definition) is 19. The zero-order chi connectivity index (χ0) is 54.2. The number of esters is 1. The van der Waals surface area contributed by atoms with Crippen LogP contribution in [0.15, 0.2) is 24.3 Å². The SMILES string of the molecule is C=C1C[C@@H]2CC[C@@]34CC5(O)O[C@H]6[C@@H](O3)[C@H]3O[C@H](CC[C@@H]3O[C@H]6C5O4)CC(=O)O[C@@H]3[C@@H](C)[C@@H]4O[C@@H]5C[C@@]6(C[C@@H]7O[C@]8(C[C@H](C)[C@@H]9O[C@H](CC(=O)O)[C@H](O)C[C@@H]9O8)C[C@H](C)[C@@H]7O6)O[C@@H]5C[C@@H]4O[C@H]3C[C@H]3O[C@@H](CC[C@@H]1O2)C[C@@H](C)C3=C. The number of carbonyl (C=O) groups excluding carboxylic acids is 1. The third-order valence-corrected chi connectivity index (χ3v) is 21.7. The van der Waals surface area contributed by atoms with Crippen molar-refractivity contribution in [3.63, 3.8) is 0 Å². The number of aliphatic hydroxyl groups is 2. The van der Waals surface area contributed by atoms with Crippen molar-refractivity contribution in [3.05, 3.63) is 24.3 Å². The minimum atomic E-state index is -1.55. The van der Waals surface area contributed by atoms with Crippen molar-refractivity contribution in [2.75, 3.05) is 0 Å². The molecule has 0 aliphatic carbocycles. The van der Waals surface area contributed by atoms with E-state index in [4.69, 9.17) is 71.1 Å². The van der Waals surface area contributed by atoms with E-state index in [0.717, 1.165) is 36.8 Å². The van der Waals surface area contributed by atoms with Gasteiger partial charge in [-0.3, -0.25) is 9.59 Å². The molecule has 16 aliphatic heterocycles. The molecule has 12 bridgehead atoms. The van der Waals surface area contributed by atoms with Crippen molar-refractivity contribution in [2.24, 2.45) is 23.7 Å². The molecule has 0 saturated carbocycles. The highest BCUT2D eigenvalue weighted by Gasteiger charge is 2.75. The van der Waals surface area contributed by atoms with Crippen LogP contribution in [0.3, 0.4) is 0 Å². The number of rotatable bonds is 2. The molecule has 438 valence electrons. The molecule has 3 spiro atoms. The van der Waals surface area contributed by atoms with E-state index in [1.165, 1.54) is 0 Å². The number of ether oxygens (including phenoxy) is 15. The monoisotopic (exact) mass is 1110 g/mol. The lowest BCUT2D eigenvalue weighted by atomic mass is 9.78. The summed E-state index contributed by atoms with van der Waals surface area (Å²) >= 11 is 0. The molecule has 20 nitrogen and oxygen atoms in total. The Balaban J connectivity index is 0.663. The first-order valence-electron chi connectivity index (χ1n) is 30.3. The zero-order valence-electron chi connectivity index (χ0n) is 46.0. The fourth-order valence-corrected chi connectivity index (χ4v) is 18.0. The second kappa shape index (κ2) is 19.4. The molecular formula is C59H82O20. The molecule has 0 aromatic carbocycles. The predicted octanol–water partition coefficient (Wildman–Crippen LogP) is 4.98. The minimum absolute atomic E-state index is 0.00147. The Morgan fingerprint density at radius 3 is 2.09 bits per heavy atom. The number of carbonyl (C=O) groups is 2. The Bertz CT molecular complexity index is 2430. The fourth-order valence-electron chi connectivity index (χ4n) is 18.0. The van der Waals surface area contributed by atoms with Crippen LogP contribution in [-0.2, 0) is 80.6 Å². The van der Waals surface area contributed by atoms with Crippen LogP contribution in [0.5, 0.6) is 0 Å². The Hall–Kier alpha value is -2.22. The Kier molecular flexibility index (Phi) is 13.1. The second-order valence-corrected chi connectivity index (χ2v) is 27.3. The van der Waals surface area contributed by atoms with Crippen LogP contribution in [0.25, 0.3) is 0 Å². The molecule has 31 atom stereocenters. The first-order valence-corrected chi connectivity index (χ1v) is 30.3. The molecule has 2 unspecified atom stereocenters. The van der Waals surface area contributed by atoms with Crippen LogP contribution in [-0.4, -0.2) is 191 Å². The number of carboxylic acids is 1. The van der Waals surface area contributed by atoms with E-state index in [-0.39, 0.29) is 116 Å². The second-order valence-electron chi connectivity index (χ2n) is 27.3. The van der Waals surface area contributed by atoms with E-state index < -0.39 is 108 Å². The normalized spacial score (nSPS) is 58.4. The number of carboxylic acid groups (broad SMARTS) is 1. The predicted molar refractivity (Wildman–Crippen MR) is 269 cm³/mol. The van der Waals surface area contributed by atoms with Gasteiger partial charge in [-0.1, -0.05) is 40.9 Å². The first-order chi connectivity index (χ1) is 37.8. The van der Waals surface area contributed by atoms with Crippen molar-refractivity contribution in [1.29, 1.82) is 0 Å². The summed E-state index contributed by atoms with van der Waals surface area (Å²) in [6.07, 6.45) is -1.35. The lowest BCUT2D eigenvalue weighted by Gasteiger charge is -2.54. The molecule has 16 fully saturated rings. The average Bonchev–Trinajstić information content (AvgIpc) is 3.34. The third kappa shape index (κ3) is 9.11. The smallest absolute Gasteiger partial charge is 0.308 e. The highest BCUT2D eigenvalue weighted by molar-refractivity contribution is 5.70. The molecule has 16 saturated heterocycles. The van der Waals surface area contributed by atoms with Crippen molar-refractivity contribution < 1.29 is 96.0 Å². The fraction of sp³-hybridized carbons (Fsp3) is 0.898. The van der Waals surface area contributed by atoms with E-state index in [0.29, 0.717) is 64.2 Å². The summed E-state index contributed by atoms with van der Waals surface area (Å²) in [5.41, 5.74) is 2.07. The summed E-state index contributed by atoms with van der Waals surface area (Å²) in [7, 11) is 0. The Morgan fingerprint density at radius 1 is 0.557 bits per heavy atom. The third-order valence-electron chi connectivity index (χ3n) is 21.7. The molecule has 0 radical (unpaired) electrons. The van der Waals surface area contributed by atoms with Crippen molar-refractivity contribution >= 4 is 11.9 Å². The maximum Gasteiger partial charge on any atom is 0.308 e. The van der Waals surface area contributed by atoms with Gasteiger partial charge in [-0.05, 0) is 73.8 Å². The standard InChI is InChI=1S/C59H82O20/c1-25-13-31-7-9-35-26(2)14-33(65-35)11-12-56-24-59(64)55(79-56)54-53(78-59)52(77-56)51-36(69-54)10-8-32(67-51)15-46(63)72-50-30(6)49-41(68-40(50)17-37(66-31)29(25)5)18-39-43(71-49)22-58(73-39)23-44-48(76-58)28(4)21-57(75-44)20-27(3)47-42(74-57)16-34(60)38(70-47)19-45(61)62/h25,27-28,30-44,47-55,60,64H,2,5,7-24H2,1,3-4,6H3,(H,61,62)/t25-,27+,28+,30+,31+,32-,33+,34-,35+,36+,37-,38-,39-,40+,41+,42+,43-,44+,47+,48+,49+,50-,51+,52+,53+,54-,55?,56-,57-,58-,59?/m1/s1. The quantitative estimate of drug-likeness (QED) is 0.245. The molecule has 16 aliphatic rings. The average molecular weight is 1110 g/mol. The summed E-state index contributed by atoms with van der Waals surface area (Å²) < 4.78 is 102. The summed E-state index contributed by atoms with van der Waals surface area (Å²) in [6.45, 7) is 17.6. The van der Waals surface area contributed by atoms with Gasteiger partial charge in [0.05, 0.1) is 123 Å². The molecule has 20 heteroatoms. The summed E-state index contributed by atoms with van der Waals surface area (Å²) in [6, 6.07) is 0. The van der Waals surface area contributed by atoms with Gasteiger partial charge in [0.2, 0.25) is 5.79 Å². The van der Waals surface area contributed by atoms with E-state index in [2.05, 4.69) is 40.9 Å². The van der Waals surface area contributed by atoms with Gasteiger partial charge in [-0.25, -0.2) is 0 Å². The van der Waals surface area contributed by atoms with Crippen molar-refractivity contribution in [2.45, 2.75) is 307 Å². The molecule has 0 aromatic heterocycles. The van der Waals surface area contributed by atoms with Crippen molar-refractivity contribution in [3.8, 4) is 0 Å². The number of hydrogen-bond donors (Lipinski definition) is 3. The van der Waals surface area contributed by atoms with Crippen LogP contribution < -0.4 is 0 Å². The maximum atomic E-state index is 14.6. The number of fused-ring (bicyclic) bond motifs is 10. The van der Waals surface area contributed by atoms with Gasteiger partial charge in [0, 0.05) is 57.3 Å². The van der Waals surface area contributed by atoms with Gasteiger partial charge < -0.3 is 86.4 Å². The van der Waals surface area contributed by atoms with Crippen LogP contribution in [0.4, 0.5) is 0 Å².